The Morgan fingerprint density at radius 2 is 1.83 bits per heavy atom. The molecule has 12 heavy (non-hydrogen) atoms. The molecule has 0 atom stereocenters. The van der Waals surface area contributed by atoms with Crippen molar-refractivity contribution in [1.82, 2.24) is 0 Å². The summed E-state index contributed by atoms with van der Waals surface area (Å²) < 4.78 is 28.8. The maximum atomic E-state index is 10.2. The van der Waals surface area contributed by atoms with Gasteiger partial charge in [0.15, 0.2) is 0 Å². The van der Waals surface area contributed by atoms with Gasteiger partial charge in [0.1, 0.15) is 0 Å². The van der Waals surface area contributed by atoms with Crippen molar-refractivity contribution in [1.29, 1.82) is 0 Å². The molecule has 0 rings (SSSR count). The van der Waals surface area contributed by atoms with Crippen molar-refractivity contribution in [3.63, 3.8) is 0 Å². The molecular formula is C7H17LiO3S. The van der Waals surface area contributed by atoms with Crippen LogP contribution in [0, 0.1) is 5.92 Å². The number of hydrogen-bond donors (Lipinski definition) is 1. The van der Waals surface area contributed by atoms with Crippen LogP contribution < -0.4 is 18.9 Å². The molecule has 0 saturated carbocycles. The Balaban J connectivity index is -0.000000500. The molecule has 70 valence electrons. The zero-order valence-corrected chi connectivity index (χ0v) is 8.89. The average molecular weight is 188 g/mol. The van der Waals surface area contributed by atoms with E-state index in [1.54, 1.807) is 0 Å². The van der Waals surface area contributed by atoms with E-state index in [1.165, 1.54) is 0 Å². The number of unbranched alkanes of at least 4 members (excludes halogenated alkanes) is 1. The number of hydrogen-bond acceptors (Lipinski definition) is 2. The van der Waals surface area contributed by atoms with Gasteiger partial charge in [0, 0.05) is 0 Å². The molecule has 0 aromatic rings. The van der Waals surface area contributed by atoms with Crippen molar-refractivity contribution in [3.8, 4) is 0 Å². The molecule has 0 aromatic heterocycles. The molecule has 0 bridgehead atoms. The fraction of sp³-hybridized carbons (Fsp3) is 1.00. The molecule has 1 N–H and O–H groups in total. The summed E-state index contributed by atoms with van der Waals surface area (Å²) in [6.45, 7) is 4.18. The molecule has 0 fully saturated rings. The topological polar surface area (TPSA) is 54.4 Å². The first-order chi connectivity index (χ1) is 4.92. The van der Waals surface area contributed by atoms with Gasteiger partial charge in [-0.3, -0.25) is 4.55 Å². The molecule has 0 aliphatic heterocycles. The zero-order chi connectivity index (χ0) is 8.91. The smallest absolute Gasteiger partial charge is 1.00 e. The van der Waals surface area contributed by atoms with Gasteiger partial charge in [-0.1, -0.05) is 26.7 Å². The summed E-state index contributed by atoms with van der Waals surface area (Å²) in [6, 6.07) is 0. The molecular weight excluding hydrogens is 171 g/mol. The Labute approximate surface area is 88.3 Å². The van der Waals surface area contributed by atoms with Gasteiger partial charge in [-0.05, 0) is 12.3 Å². The van der Waals surface area contributed by atoms with Crippen molar-refractivity contribution < 1.29 is 33.3 Å². The van der Waals surface area contributed by atoms with Crippen LogP contribution in [0.5, 0.6) is 0 Å². The van der Waals surface area contributed by atoms with E-state index in [9.17, 15) is 8.42 Å². The standard InChI is InChI=1S/C7H16O3S.Li.H/c1-7(2)5-3-4-6-11(8,9)10;;/h7H,3-6H2,1-2H3,(H,8,9,10);;/q;+1;-1. The third-order valence-electron chi connectivity index (χ3n) is 1.43. The van der Waals surface area contributed by atoms with Crippen LogP contribution in [0.25, 0.3) is 0 Å². The van der Waals surface area contributed by atoms with E-state index < -0.39 is 10.1 Å². The molecule has 0 heterocycles. The first-order valence-electron chi connectivity index (χ1n) is 3.87. The van der Waals surface area contributed by atoms with E-state index in [0.29, 0.717) is 12.3 Å². The van der Waals surface area contributed by atoms with Gasteiger partial charge in [-0.15, -0.1) is 0 Å². The van der Waals surface area contributed by atoms with Gasteiger partial charge in [0.05, 0.1) is 5.75 Å². The Hall–Kier alpha value is 0.507. The number of rotatable bonds is 5. The first kappa shape index (κ1) is 15.0. The van der Waals surface area contributed by atoms with Crippen molar-refractivity contribution >= 4 is 10.1 Å². The minimum Gasteiger partial charge on any atom is -1.00 e. The van der Waals surface area contributed by atoms with Crippen LogP contribution >= 0.6 is 0 Å². The van der Waals surface area contributed by atoms with Gasteiger partial charge in [-0.2, -0.15) is 8.42 Å². The maximum absolute atomic E-state index is 10.2. The second kappa shape index (κ2) is 6.96. The SMILES string of the molecule is CC(C)CCCCS(=O)(=O)O.[H-].[Li+]. The zero-order valence-electron chi connectivity index (χ0n) is 9.08. The maximum Gasteiger partial charge on any atom is 1.00 e. The predicted molar refractivity (Wildman–Crippen MR) is 46.2 cm³/mol. The summed E-state index contributed by atoms with van der Waals surface area (Å²) in [5, 5.41) is 0. The Morgan fingerprint density at radius 1 is 1.33 bits per heavy atom. The van der Waals surface area contributed by atoms with E-state index >= 15 is 0 Å². The molecule has 0 saturated heterocycles. The van der Waals surface area contributed by atoms with Crippen LogP contribution in [-0.2, 0) is 10.1 Å². The van der Waals surface area contributed by atoms with E-state index in [1.807, 2.05) is 0 Å². The molecule has 0 aliphatic rings. The third kappa shape index (κ3) is 13.1. The Kier molecular flexibility index (Phi) is 8.71. The summed E-state index contributed by atoms with van der Waals surface area (Å²) in [6.07, 6.45) is 2.46. The fourth-order valence-corrected chi connectivity index (χ4v) is 1.41. The summed E-state index contributed by atoms with van der Waals surface area (Å²) in [5.41, 5.74) is 0. The van der Waals surface area contributed by atoms with Crippen molar-refractivity contribution in [2.75, 3.05) is 5.75 Å². The van der Waals surface area contributed by atoms with Crippen LogP contribution in [-0.4, -0.2) is 18.7 Å². The molecule has 3 nitrogen and oxygen atoms in total. The van der Waals surface area contributed by atoms with Crippen LogP contribution in [0.3, 0.4) is 0 Å². The normalized spacial score (nSPS) is 11.3. The third-order valence-corrected chi connectivity index (χ3v) is 2.24. The van der Waals surface area contributed by atoms with Gasteiger partial charge in [-0.25, -0.2) is 0 Å². The van der Waals surface area contributed by atoms with Crippen LogP contribution in [0.4, 0.5) is 0 Å². The average Bonchev–Trinajstić information content (AvgIpc) is 1.78. The van der Waals surface area contributed by atoms with Crippen LogP contribution in [0.15, 0.2) is 0 Å². The van der Waals surface area contributed by atoms with E-state index in [2.05, 4.69) is 13.8 Å². The quantitative estimate of drug-likeness (QED) is 0.335. The minimum absolute atomic E-state index is 0. The summed E-state index contributed by atoms with van der Waals surface area (Å²) >= 11 is 0. The second-order valence-corrected chi connectivity index (χ2v) is 4.75. The summed E-state index contributed by atoms with van der Waals surface area (Å²) in [5.74, 6) is 0.510. The van der Waals surface area contributed by atoms with Crippen LogP contribution in [0.2, 0.25) is 0 Å². The van der Waals surface area contributed by atoms with E-state index in [0.717, 1.165) is 12.8 Å². The molecule has 5 heteroatoms. The molecule has 0 amide bonds. The largest absolute Gasteiger partial charge is 1.00 e. The summed E-state index contributed by atoms with van der Waals surface area (Å²) in [4.78, 5) is 0. The van der Waals surface area contributed by atoms with Crippen molar-refractivity contribution in [3.05, 3.63) is 0 Å². The van der Waals surface area contributed by atoms with Gasteiger partial charge in [0.25, 0.3) is 10.1 Å². The fourth-order valence-electron chi connectivity index (χ4n) is 0.837. The van der Waals surface area contributed by atoms with Crippen molar-refractivity contribution in [2.45, 2.75) is 33.1 Å². The molecule has 0 aromatic carbocycles. The Bertz CT molecular complexity index is 192. The monoisotopic (exact) mass is 188 g/mol. The molecule has 0 aliphatic carbocycles. The molecule has 0 radical (unpaired) electrons. The second-order valence-electron chi connectivity index (χ2n) is 3.18. The molecule has 0 spiro atoms. The Morgan fingerprint density at radius 3 is 2.17 bits per heavy atom. The van der Waals surface area contributed by atoms with E-state index in [4.69, 9.17) is 4.55 Å². The van der Waals surface area contributed by atoms with E-state index in [-0.39, 0.29) is 26.0 Å². The molecule has 0 unspecified atom stereocenters. The van der Waals surface area contributed by atoms with Crippen molar-refractivity contribution in [2.24, 2.45) is 5.92 Å². The summed E-state index contributed by atoms with van der Waals surface area (Å²) in [7, 11) is -3.72. The van der Waals surface area contributed by atoms with Gasteiger partial charge in [0.2, 0.25) is 0 Å². The van der Waals surface area contributed by atoms with Crippen LogP contribution in [0.1, 0.15) is 34.5 Å². The first-order valence-corrected chi connectivity index (χ1v) is 5.48. The van der Waals surface area contributed by atoms with Gasteiger partial charge < -0.3 is 1.43 Å². The minimum atomic E-state index is -3.72. The predicted octanol–water partition coefficient (Wildman–Crippen LogP) is -1.18. The van der Waals surface area contributed by atoms with Gasteiger partial charge >= 0.3 is 18.9 Å².